The fourth-order valence-corrected chi connectivity index (χ4v) is 14.0. The third-order valence-electron chi connectivity index (χ3n) is 7.45. The van der Waals surface area contributed by atoms with Crippen LogP contribution in [0.15, 0.2) is 152 Å². The molecule has 5 aromatic rings. The van der Waals surface area contributed by atoms with Crippen LogP contribution in [0.3, 0.4) is 0 Å². The molecule has 3 heteroatoms. The Bertz CT molecular complexity index is 1240. The van der Waals surface area contributed by atoms with Crippen molar-refractivity contribution in [1.82, 2.24) is 0 Å². The molecule has 0 nitrogen and oxygen atoms in total. The Kier molecular flexibility index (Phi) is 11.3. The Morgan fingerprint density at radius 3 is 0.854 bits per heavy atom. The highest BCUT2D eigenvalue weighted by Crippen LogP contribution is 2.45. The van der Waals surface area contributed by atoms with Crippen LogP contribution < -0.4 is 26.5 Å². The Morgan fingerprint density at radius 2 is 0.585 bits per heavy atom. The summed E-state index contributed by atoms with van der Waals surface area (Å²) in [6.45, 7) is 5.01. The van der Waals surface area contributed by atoms with E-state index in [0.29, 0.717) is 11.8 Å². The third-order valence-corrected chi connectivity index (χ3v) is 16.3. The van der Waals surface area contributed by atoms with Crippen LogP contribution in [0.1, 0.15) is 13.8 Å². The molecule has 0 bridgehead atoms. The Balaban J connectivity index is 1.34. The standard InChI is InChI=1S/C38H41P3/c1-32(30-40(35-20-10-4-11-21-35)36-22-12-5-13-23-36)28-39(34-18-8-3-9-19-34)29-33(2)31-41(37-24-14-6-15-25-37)38-26-16-7-17-27-38/h3-27,32-33H,28-31H2,1-2H3/t32-,33-/m0/s1. The molecule has 0 radical (unpaired) electrons. The molecule has 5 aromatic carbocycles. The summed E-state index contributed by atoms with van der Waals surface area (Å²) in [6.07, 6.45) is 5.06. The molecule has 0 amide bonds. The van der Waals surface area contributed by atoms with Crippen LogP contribution in [-0.2, 0) is 0 Å². The molecule has 208 valence electrons. The summed E-state index contributed by atoms with van der Waals surface area (Å²) in [6, 6.07) is 56.3. The smallest absolute Gasteiger partial charge is 0.0195 e. The van der Waals surface area contributed by atoms with E-state index in [-0.39, 0.29) is 23.8 Å². The Labute approximate surface area is 251 Å². The van der Waals surface area contributed by atoms with Gasteiger partial charge >= 0.3 is 0 Å². The van der Waals surface area contributed by atoms with E-state index in [4.69, 9.17) is 0 Å². The average Bonchev–Trinajstić information content (AvgIpc) is 3.04. The summed E-state index contributed by atoms with van der Waals surface area (Å²) in [5.41, 5.74) is 0. The molecule has 0 aliphatic carbocycles. The van der Waals surface area contributed by atoms with E-state index in [9.17, 15) is 0 Å². The Hall–Kier alpha value is -2.61. The summed E-state index contributed by atoms with van der Waals surface area (Å²) < 4.78 is 0. The lowest BCUT2D eigenvalue weighted by Crippen LogP contribution is -2.23. The van der Waals surface area contributed by atoms with Crippen molar-refractivity contribution >= 4 is 50.3 Å². The van der Waals surface area contributed by atoms with Crippen LogP contribution in [0.5, 0.6) is 0 Å². The van der Waals surface area contributed by atoms with Gasteiger partial charge in [-0.3, -0.25) is 0 Å². The third kappa shape index (κ3) is 8.69. The minimum atomic E-state index is -0.371. The van der Waals surface area contributed by atoms with E-state index in [0.717, 1.165) is 0 Å². The molecule has 0 aliphatic rings. The first-order valence-corrected chi connectivity index (χ1v) is 19.5. The van der Waals surface area contributed by atoms with Crippen molar-refractivity contribution in [1.29, 1.82) is 0 Å². The van der Waals surface area contributed by atoms with E-state index in [2.05, 4.69) is 166 Å². The minimum absolute atomic E-state index is 0.251. The van der Waals surface area contributed by atoms with Crippen molar-refractivity contribution in [2.75, 3.05) is 24.6 Å². The van der Waals surface area contributed by atoms with E-state index < -0.39 is 0 Å². The second kappa shape index (κ2) is 15.6. The van der Waals surface area contributed by atoms with Gasteiger partial charge < -0.3 is 0 Å². The number of benzene rings is 5. The quantitative estimate of drug-likeness (QED) is 0.121. The van der Waals surface area contributed by atoms with E-state index in [1.54, 1.807) is 5.30 Å². The first-order chi connectivity index (χ1) is 20.2. The predicted molar refractivity (Wildman–Crippen MR) is 189 cm³/mol. The monoisotopic (exact) mass is 590 g/mol. The largest absolute Gasteiger partial charge is 0.0748 e. The summed E-state index contributed by atoms with van der Waals surface area (Å²) in [5, 5.41) is 7.54. The molecule has 0 unspecified atom stereocenters. The maximum atomic E-state index is 2.50. The second-order valence-corrected chi connectivity index (χ2v) is 17.8. The maximum absolute atomic E-state index is 2.50. The van der Waals surface area contributed by atoms with Crippen molar-refractivity contribution in [3.8, 4) is 0 Å². The zero-order chi connectivity index (χ0) is 28.3. The van der Waals surface area contributed by atoms with Crippen LogP contribution in [0, 0.1) is 11.8 Å². The summed E-state index contributed by atoms with van der Waals surface area (Å²) in [7, 11) is -0.993. The first-order valence-electron chi connectivity index (χ1n) is 14.7. The normalized spacial score (nSPS) is 13.7. The summed E-state index contributed by atoms with van der Waals surface area (Å²) in [5.74, 6) is 1.31. The number of hydrogen-bond donors (Lipinski definition) is 0. The number of rotatable bonds is 13. The van der Waals surface area contributed by atoms with Gasteiger partial charge in [0.1, 0.15) is 0 Å². The summed E-state index contributed by atoms with van der Waals surface area (Å²) >= 11 is 0. The van der Waals surface area contributed by atoms with Gasteiger partial charge in [0, 0.05) is 0 Å². The minimum Gasteiger partial charge on any atom is -0.0748 e. The van der Waals surface area contributed by atoms with Crippen LogP contribution in [0.2, 0.25) is 0 Å². The van der Waals surface area contributed by atoms with Crippen molar-refractivity contribution in [2.45, 2.75) is 13.8 Å². The molecule has 0 N–H and O–H groups in total. The van der Waals surface area contributed by atoms with Gasteiger partial charge in [0.2, 0.25) is 0 Å². The van der Waals surface area contributed by atoms with Crippen LogP contribution in [-0.4, -0.2) is 24.6 Å². The van der Waals surface area contributed by atoms with Crippen molar-refractivity contribution in [3.05, 3.63) is 152 Å². The lowest BCUT2D eigenvalue weighted by atomic mass is 10.3. The number of hydrogen-bond acceptors (Lipinski definition) is 0. The molecule has 5 rings (SSSR count). The highest BCUT2D eigenvalue weighted by atomic mass is 31.1. The predicted octanol–water partition coefficient (Wildman–Crippen LogP) is 8.33. The molecule has 0 aromatic heterocycles. The maximum Gasteiger partial charge on any atom is -0.0195 e. The van der Waals surface area contributed by atoms with E-state index in [1.165, 1.54) is 45.9 Å². The van der Waals surface area contributed by atoms with Gasteiger partial charge in [-0.15, -0.1) is 0 Å². The molecule has 0 fully saturated rings. The zero-order valence-corrected chi connectivity index (χ0v) is 26.9. The molecule has 0 heterocycles. The molecule has 0 aliphatic heterocycles. The lowest BCUT2D eigenvalue weighted by molar-refractivity contribution is 0.731. The molecule has 2 atom stereocenters. The van der Waals surface area contributed by atoms with Gasteiger partial charge in [0.15, 0.2) is 0 Å². The highest BCUT2D eigenvalue weighted by Gasteiger charge is 2.24. The van der Waals surface area contributed by atoms with Crippen molar-refractivity contribution < 1.29 is 0 Å². The van der Waals surface area contributed by atoms with Gasteiger partial charge in [-0.1, -0.05) is 173 Å². The topological polar surface area (TPSA) is 0 Å². The van der Waals surface area contributed by atoms with Gasteiger partial charge in [-0.05, 0) is 78.8 Å². The first kappa shape index (κ1) is 29.9. The molecule has 0 saturated carbocycles. The van der Waals surface area contributed by atoms with Gasteiger partial charge in [-0.2, -0.15) is 0 Å². The van der Waals surface area contributed by atoms with Crippen LogP contribution in [0.25, 0.3) is 0 Å². The summed E-state index contributed by atoms with van der Waals surface area (Å²) in [4.78, 5) is 0. The molecular formula is C38H41P3. The van der Waals surface area contributed by atoms with Crippen LogP contribution in [0.4, 0.5) is 0 Å². The molecule has 0 spiro atoms. The molecule has 0 saturated heterocycles. The van der Waals surface area contributed by atoms with Gasteiger partial charge in [-0.25, -0.2) is 0 Å². The highest BCUT2D eigenvalue weighted by molar-refractivity contribution is 7.73. The van der Waals surface area contributed by atoms with Crippen molar-refractivity contribution in [2.24, 2.45) is 11.8 Å². The van der Waals surface area contributed by atoms with Crippen molar-refractivity contribution in [3.63, 3.8) is 0 Å². The fourth-order valence-electron chi connectivity index (χ4n) is 5.57. The zero-order valence-electron chi connectivity index (χ0n) is 24.3. The van der Waals surface area contributed by atoms with E-state index >= 15 is 0 Å². The molecule has 41 heavy (non-hydrogen) atoms. The Morgan fingerprint density at radius 1 is 0.341 bits per heavy atom. The lowest BCUT2D eigenvalue weighted by Gasteiger charge is -2.29. The second-order valence-electron chi connectivity index (χ2n) is 11.0. The van der Waals surface area contributed by atoms with E-state index in [1.807, 2.05) is 0 Å². The SMILES string of the molecule is C[C@@H](CP(C[C@H](C)CP(c1ccccc1)c1ccccc1)c1ccccc1)CP(c1ccccc1)c1ccccc1. The molecular weight excluding hydrogens is 549 g/mol. The van der Waals surface area contributed by atoms with Gasteiger partial charge in [0.05, 0.1) is 0 Å². The average molecular weight is 591 g/mol. The fraction of sp³-hybridized carbons (Fsp3) is 0.211. The van der Waals surface area contributed by atoms with Crippen LogP contribution >= 0.6 is 23.8 Å². The van der Waals surface area contributed by atoms with Gasteiger partial charge in [0.25, 0.3) is 0 Å².